The van der Waals surface area contributed by atoms with Gasteiger partial charge in [-0.3, -0.25) is 4.79 Å². The van der Waals surface area contributed by atoms with E-state index in [4.69, 9.17) is 14.6 Å². The third kappa shape index (κ3) is 5.97. The predicted molar refractivity (Wildman–Crippen MR) is 156 cm³/mol. The third-order valence-electron chi connectivity index (χ3n) is 6.91. The Kier molecular flexibility index (Phi) is 8.66. The minimum atomic E-state index is -0.759. The van der Waals surface area contributed by atoms with Gasteiger partial charge in [0.05, 0.1) is 6.61 Å². The van der Waals surface area contributed by atoms with Gasteiger partial charge in [-0.1, -0.05) is 96.2 Å². The molecule has 3 aromatic carbocycles. The van der Waals surface area contributed by atoms with Crippen LogP contribution in [-0.4, -0.2) is 35.2 Å². The van der Waals surface area contributed by atoms with Crippen LogP contribution in [-0.2, 0) is 24.7 Å². The van der Waals surface area contributed by atoms with Crippen molar-refractivity contribution in [2.75, 3.05) is 11.9 Å². The smallest absolute Gasteiger partial charge is 0.362 e. The summed E-state index contributed by atoms with van der Waals surface area (Å²) in [5.41, 5.74) is 2.73. The first kappa shape index (κ1) is 27.3. The van der Waals surface area contributed by atoms with Gasteiger partial charge in [-0.15, -0.1) is 11.3 Å². The maximum Gasteiger partial charge on any atom is 0.362 e. The summed E-state index contributed by atoms with van der Waals surface area (Å²) < 4.78 is 5.27. The Morgan fingerprint density at radius 2 is 1.45 bits per heavy atom. The number of nitrogens with zero attached hydrogens (tertiary/aromatic N) is 2. The monoisotopic (exact) mass is 553 g/mol. The lowest BCUT2D eigenvalue weighted by molar-refractivity contribution is -0.135. The van der Waals surface area contributed by atoms with Crippen molar-refractivity contribution in [3.05, 3.63) is 119 Å². The van der Waals surface area contributed by atoms with Gasteiger partial charge in [0.25, 0.3) is 0 Å². The Bertz CT molecular complexity index is 1350. The molecule has 0 unspecified atom stereocenters. The summed E-state index contributed by atoms with van der Waals surface area (Å²) in [7, 11) is 0. The maximum absolute atomic E-state index is 12.9. The number of hydrogen-bond donors (Lipinski definition) is 1. The number of hydrogen-bond acceptors (Lipinski definition) is 8. The number of benzene rings is 3. The standard InChI is InChI=1S/C32H31N3O4S/c1-2-38-30(37)29(35-39-27-20-18-26(36)19-21-27)28-22-40-31(33-28)34-32(23-12-6-3-7-13-23,24-14-8-4-9-15-24)25-16-10-5-11-17-25/h3-17,22,27H,2,18-21H2,1H3,(H,33,34). The lowest BCUT2D eigenvalue weighted by Crippen LogP contribution is -2.38. The molecule has 1 aliphatic carbocycles. The molecule has 1 aromatic heterocycles. The van der Waals surface area contributed by atoms with Gasteiger partial charge in [0.2, 0.25) is 5.71 Å². The quantitative estimate of drug-likeness (QED) is 0.107. The number of nitrogens with one attached hydrogen (secondary N) is 1. The first-order valence-corrected chi connectivity index (χ1v) is 14.3. The van der Waals surface area contributed by atoms with Gasteiger partial charge in [0, 0.05) is 18.2 Å². The van der Waals surface area contributed by atoms with Crippen molar-refractivity contribution < 1.29 is 19.2 Å². The molecule has 0 bridgehead atoms. The van der Waals surface area contributed by atoms with Crippen LogP contribution in [0.5, 0.6) is 0 Å². The number of esters is 1. The highest BCUT2D eigenvalue weighted by atomic mass is 32.1. The van der Waals surface area contributed by atoms with Crippen LogP contribution >= 0.6 is 11.3 Å². The second kappa shape index (κ2) is 12.7. The molecule has 0 spiro atoms. The molecule has 4 aromatic rings. The number of ketones is 1. The SMILES string of the molecule is CCOC(=O)C(=NOC1CCC(=O)CC1)c1csc(NC(c2ccccc2)(c2ccccc2)c2ccccc2)n1. The number of aromatic nitrogens is 1. The second-order valence-corrected chi connectivity index (χ2v) is 10.4. The number of carbonyl (C=O) groups is 2. The van der Waals surface area contributed by atoms with Crippen LogP contribution in [0, 0.1) is 0 Å². The fourth-order valence-corrected chi connectivity index (χ4v) is 5.67. The maximum atomic E-state index is 12.9. The van der Waals surface area contributed by atoms with E-state index < -0.39 is 11.5 Å². The van der Waals surface area contributed by atoms with Gasteiger partial charge in [0.1, 0.15) is 23.1 Å². The Morgan fingerprint density at radius 3 is 1.95 bits per heavy atom. The largest absolute Gasteiger partial charge is 0.461 e. The Balaban J connectivity index is 1.54. The summed E-state index contributed by atoms with van der Waals surface area (Å²) >= 11 is 1.37. The molecule has 1 saturated carbocycles. The molecule has 7 nitrogen and oxygen atoms in total. The molecule has 40 heavy (non-hydrogen) atoms. The summed E-state index contributed by atoms with van der Waals surface area (Å²) in [5, 5.41) is 10.3. The van der Waals surface area contributed by atoms with Gasteiger partial charge in [-0.25, -0.2) is 9.78 Å². The van der Waals surface area contributed by atoms with Crippen LogP contribution in [0.15, 0.2) is 102 Å². The molecule has 1 aliphatic rings. The number of anilines is 1. The van der Waals surface area contributed by atoms with Crippen molar-refractivity contribution in [3.63, 3.8) is 0 Å². The van der Waals surface area contributed by atoms with Gasteiger partial charge >= 0.3 is 5.97 Å². The van der Waals surface area contributed by atoms with E-state index in [1.807, 2.05) is 54.6 Å². The molecule has 0 aliphatic heterocycles. The van der Waals surface area contributed by atoms with Crippen molar-refractivity contribution in [3.8, 4) is 0 Å². The van der Waals surface area contributed by atoms with E-state index in [2.05, 4.69) is 46.9 Å². The number of carbonyl (C=O) groups excluding carboxylic acids is 2. The highest BCUT2D eigenvalue weighted by Gasteiger charge is 2.37. The molecule has 0 atom stereocenters. The van der Waals surface area contributed by atoms with Gasteiger partial charge in [-0.2, -0.15) is 0 Å². The summed E-state index contributed by atoms with van der Waals surface area (Å²) in [5.74, 6) is -0.380. The fourth-order valence-electron chi connectivity index (χ4n) is 4.92. The van der Waals surface area contributed by atoms with E-state index in [-0.39, 0.29) is 24.2 Å². The average Bonchev–Trinajstić information content (AvgIpc) is 3.46. The Morgan fingerprint density at radius 1 is 0.925 bits per heavy atom. The third-order valence-corrected chi connectivity index (χ3v) is 7.67. The first-order chi connectivity index (χ1) is 19.6. The molecule has 5 rings (SSSR count). The normalized spacial score (nSPS) is 14.5. The van der Waals surface area contributed by atoms with Crippen molar-refractivity contribution in [2.24, 2.45) is 5.16 Å². The summed E-state index contributed by atoms with van der Waals surface area (Å²) in [4.78, 5) is 35.0. The molecule has 0 saturated heterocycles. The van der Waals surface area contributed by atoms with Crippen molar-refractivity contribution >= 4 is 33.9 Å². The van der Waals surface area contributed by atoms with Crippen LogP contribution in [0.3, 0.4) is 0 Å². The van der Waals surface area contributed by atoms with Crippen LogP contribution in [0.4, 0.5) is 5.13 Å². The minimum Gasteiger partial charge on any atom is -0.461 e. The van der Waals surface area contributed by atoms with E-state index in [0.717, 1.165) is 16.7 Å². The van der Waals surface area contributed by atoms with Crippen LogP contribution in [0.1, 0.15) is 55.0 Å². The number of rotatable bonds is 10. The van der Waals surface area contributed by atoms with Gasteiger partial charge in [0.15, 0.2) is 5.13 Å². The van der Waals surface area contributed by atoms with E-state index in [0.29, 0.717) is 36.5 Å². The zero-order valence-corrected chi connectivity index (χ0v) is 23.1. The number of oxime groups is 1. The zero-order valence-electron chi connectivity index (χ0n) is 22.3. The minimum absolute atomic E-state index is 0.00721. The fraction of sp³-hybridized carbons (Fsp3) is 0.250. The van der Waals surface area contributed by atoms with Crippen LogP contribution < -0.4 is 5.32 Å². The molecular weight excluding hydrogens is 522 g/mol. The predicted octanol–water partition coefficient (Wildman–Crippen LogP) is 6.34. The van der Waals surface area contributed by atoms with Gasteiger partial charge in [-0.05, 0) is 36.5 Å². The average molecular weight is 554 g/mol. The summed E-state index contributed by atoms with van der Waals surface area (Å²) in [6.07, 6.45) is 1.85. The molecular formula is C32H31N3O4S. The summed E-state index contributed by atoms with van der Waals surface area (Å²) in [6, 6.07) is 30.7. The van der Waals surface area contributed by atoms with Gasteiger partial charge < -0.3 is 14.9 Å². The van der Waals surface area contributed by atoms with Crippen LogP contribution in [0.25, 0.3) is 0 Å². The topological polar surface area (TPSA) is 89.9 Å². The molecule has 204 valence electrons. The summed E-state index contributed by atoms with van der Waals surface area (Å²) in [6.45, 7) is 1.94. The lowest BCUT2D eigenvalue weighted by Gasteiger charge is -2.36. The van der Waals surface area contributed by atoms with E-state index in [9.17, 15) is 9.59 Å². The number of ether oxygens (including phenoxy) is 1. The first-order valence-electron chi connectivity index (χ1n) is 13.4. The van der Waals surface area contributed by atoms with E-state index in [1.54, 1.807) is 12.3 Å². The van der Waals surface area contributed by atoms with E-state index >= 15 is 0 Å². The van der Waals surface area contributed by atoms with Crippen LogP contribution in [0.2, 0.25) is 0 Å². The molecule has 8 heteroatoms. The molecule has 1 fully saturated rings. The molecule has 0 amide bonds. The highest BCUT2D eigenvalue weighted by Crippen LogP contribution is 2.40. The Labute approximate surface area is 237 Å². The lowest BCUT2D eigenvalue weighted by atomic mass is 9.77. The van der Waals surface area contributed by atoms with Crippen molar-refractivity contribution in [1.29, 1.82) is 0 Å². The molecule has 0 radical (unpaired) electrons. The zero-order chi connectivity index (χ0) is 27.8. The molecule has 1 heterocycles. The van der Waals surface area contributed by atoms with Crippen molar-refractivity contribution in [1.82, 2.24) is 4.98 Å². The van der Waals surface area contributed by atoms with E-state index in [1.165, 1.54) is 11.3 Å². The number of thiazole rings is 1. The Hall–Kier alpha value is -4.30. The second-order valence-electron chi connectivity index (χ2n) is 9.51. The highest BCUT2D eigenvalue weighted by molar-refractivity contribution is 7.14. The van der Waals surface area contributed by atoms with Crippen molar-refractivity contribution in [2.45, 2.75) is 44.2 Å². The molecule has 1 N–H and O–H groups in total. The number of Topliss-reactive ketones (excluding diaryl/α,β-unsaturated/α-hetero) is 1.